The number of nitrogens with one attached hydrogen (secondary N) is 2. The molecular formula is C23H21N3O4. The number of aromatic nitrogens is 2. The normalized spacial score (nSPS) is 11.5. The zero-order valence-electron chi connectivity index (χ0n) is 16.6. The lowest BCUT2D eigenvalue weighted by molar-refractivity contribution is -0.104. The van der Waals surface area contributed by atoms with Gasteiger partial charge in [0.05, 0.1) is 19.9 Å². The molecule has 3 aromatic rings. The van der Waals surface area contributed by atoms with Crippen LogP contribution in [0.5, 0.6) is 5.75 Å². The molecule has 0 aliphatic rings. The van der Waals surface area contributed by atoms with Crippen LogP contribution < -0.4 is 10.1 Å². The van der Waals surface area contributed by atoms with Gasteiger partial charge in [-0.1, -0.05) is 36.9 Å². The highest BCUT2D eigenvalue weighted by Gasteiger charge is 2.11. The first-order valence-corrected chi connectivity index (χ1v) is 9.05. The molecule has 3 rings (SSSR count). The van der Waals surface area contributed by atoms with Crippen molar-refractivity contribution in [3.63, 3.8) is 0 Å². The van der Waals surface area contributed by atoms with Crippen molar-refractivity contribution in [3.8, 4) is 16.9 Å². The number of nitrogens with zero attached hydrogens (tertiary/aromatic N) is 1. The zero-order chi connectivity index (χ0) is 21.5. The molecule has 1 aromatic carbocycles. The maximum atomic E-state index is 11.4. The molecule has 2 N–H and O–H groups in total. The van der Waals surface area contributed by atoms with E-state index in [-0.39, 0.29) is 11.3 Å². The van der Waals surface area contributed by atoms with Gasteiger partial charge in [0.15, 0.2) is 6.29 Å². The number of rotatable bonds is 7. The standard InChI is InChI=1S/C23H21N3O4/c1-15(14-27)20(26-23(28)30-3)9-6-7-16-11-18-19(13-25-22(18)24-12-16)17-8-4-5-10-21(17)29-2/h4-14H,1H2,2-3H3,(H,24,25)(H,26,28)/b7-6+,20-9+. The molecule has 2 heterocycles. The highest BCUT2D eigenvalue weighted by atomic mass is 16.5. The number of pyridine rings is 1. The van der Waals surface area contributed by atoms with E-state index in [0.29, 0.717) is 6.29 Å². The van der Waals surface area contributed by atoms with Crippen LogP contribution in [0.1, 0.15) is 5.56 Å². The molecular weight excluding hydrogens is 382 g/mol. The predicted octanol–water partition coefficient (Wildman–Crippen LogP) is 4.25. The van der Waals surface area contributed by atoms with Gasteiger partial charge in [-0.25, -0.2) is 9.78 Å². The number of alkyl carbamates (subject to hydrolysis) is 1. The highest BCUT2D eigenvalue weighted by Crippen LogP contribution is 2.34. The summed E-state index contributed by atoms with van der Waals surface area (Å²) in [5, 5.41) is 3.40. The number of aromatic amines is 1. The lowest BCUT2D eigenvalue weighted by Crippen LogP contribution is -2.23. The first kappa shape index (κ1) is 20.6. The molecule has 30 heavy (non-hydrogen) atoms. The van der Waals surface area contributed by atoms with Gasteiger partial charge in [-0.2, -0.15) is 0 Å². The van der Waals surface area contributed by atoms with Gasteiger partial charge in [-0.05, 0) is 23.8 Å². The summed E-state index contributed by atoms with van der Waals surface area (Å²) >= 11 is 0. The van der Waals surface area contributed by atoms with Crippen LogP contribution in [0.25, 0.3) is 28.2 Å². The molecule has 0 atom stereocenters. The summed E-state index contributed by atoms with van der Waals surface area (Å²) in [5.41, 5.74) is 3.90. The fourth-order valence-electron chi connectivity index (χ4n) is 2.91. The van der Waals surface area contributed by atoms with E-state index < -0.39 is 6.09 Å². The molecule has 0 radical (unpaired) electrons. The summed E-state index contributed by atoms with van der Waals surface area (Å²) in [6.07, 6.45) is 8.56. The third kappa shape index (κ3) is 4.47. The fraction of sp³-hybridized carbons (Fsp3) is 0.0870. The number of carbonyl (C=O) groups excluding carboxylic acids is 2. The number of H-pyrrole nitrogens is 1. The second kappa shape index (κ2) is 9.38. The number of para-hydroxylation sites is 1. The molecule has 2 aromatic heterocycles. The highest BCUT2D eigenvalue weighted by molar-refractivity contribution is 5.96. The topological polar surface area (TPSA) is 93.3 Å². The Morgan fingerprint density at radius 3 is 2.77 bits per heavy atom. The Kier molecular flexibility index (Phi) is 6.44. The zero-order valence-corrected chi connectivity index (χ0v) is 16.6. The van der Waals surface area contributed by atoms with Crippen molar-refractivity contribution in [2.75, 3.05) is 14.2 Å². The minimum atomic E-state index is -0.686. The Morgan fingerprint density at radius 2 is 2.03 bits per heavy atom. The molecule has 7 nitrogen and oxygen atoms in total. The number of hydrogen-bond acceptors (Lipinski definition) is 5. The SMILES string of the molecule is C=C(C=O)/C(=C\C=C\c1cnc2[nH]cc(-c3ccccc3OC)c2c1)NC(=O)OC. The minimum Gasteiger partial charge on any atom is -0.496 e. The number of fused-ring (bicyclic) bond motifs is 1. The minimum absolute atomic E-state index is 0.128. The van der Waals surface area contributed by atoms with Gasteiger partial charge in [0.2, 0.25) is 0 Å². The molecule has 152 valence electrons. The van der Waals surface area contributed by atoms with Gasteiger partial charge in [0.1, 0.15) is 11.4 Å². The number of hydrogen-bond donors (Lipinski definition) is 2. The van der Waals surface area contributed by atoms with E-state index in [4.69, 9.17) is 4.74 Å². The molecule has 0 unspecified atom stereocenters. The van der Waals surface area contributed by atoms with Crippen LogP contribution in [-0.2, 0) is 9.53 Å². The monoisotopic (exact) mass is 403 g/mol. The quantitative estimate of drug-likeness (QED) is 0.350. The molecule has 0 saturated carbocycles. The molecule has 0 bridgehead atoms. The van der Waals surface area contributed by atoms with Gasteiger partial charge < -0.3 is 14.5 Å². The van der Waals surface area contributed by atoms with Crippen molar-refractivity contribution < 1.29 is 19.1 Å². The maximum absolute atomic E-state index is 11.4. The van der Waals surface area contributed by atoms with Gasteiger partial charge in [0, 0.05) is 34.5 Å². The third-order valence-electron chi connectivity index (χ3n) is 4.41. The number of benzene rings is 1. The average molecular weight is 403 g/mol. The molecule has 0 aliphatic heterocycles. The van der Waals surface area contributed by atoms with E-state index in [0.717, 1.165) is 33.5 Å². The van der Waals surface area contributed by atoms with Crippen LogP contribution in [-0.4, -0.2) is 36.6 Å². The number of ether oxygens (including phenoxy) is 2. The van der Waals surface area contributed by atoms with E-state index >= 15 is 0 Å². The molecule has 0 fully saturated rings. The van der Waals surface area contributed by atoms with Crippen molar-refractivity contribution in [2.24, 2.45) is 0 Å². The Balaban J connectivity index is 1.94. The van der Waals surface area contributed by atoms with Gasteiger partial charge in [-0.15, -0.1) is 0 Å². The summed E-state index contributed by atoms with van der Waals surface area (Å²) in [7, 11) is 2.88. The van der Waals surface area contributed by atoms with E-state index in [1.165, 1.54) is 7.11 Å². The smallest absolute Gasteiger partial charge is 0.411 e. The van der Waals surface area contributed by atoms with Gasteiger partial charge in [0.25, 0.3) is 0 Å². The van der Waals surface area contributed by atoms with Gasteiger partial charge >= 0.3 is 6.09 Å². The molecule has 0 saturated heterocycles. The van der Waals surface area contributed by atoms with E-state index in [1.54, 1.807) is 25.5 Å². The van der Waals surface area contributed by atoms with Crippen LogP contribution in [0.4, 0.5) is 4.79 Å². The average Bonchev–Trinajstić information content (AvgIpc) is 3.20. The third-order valence-corrected chi connectivity index (χ3v) is 4.41. The second-order valence-electron chi connectivity index (χ2n) is 6.27. The van der Waals surface area contributed by atoms with E-state index in [1.807, 2.05) is 42.6 Å². The summed E-state index contributed by atoms with van der Waals surface area (Å²) in [4.78, 5) is 30.1. The van der Waals surface area contributed by atoms with Crippen molar-refractivity contribution in [3.05, 3.63) is 78.3 Å². The van der Waals surface area contributed by atoms with E-state index in [9.17, 15) is 9.59 Å². The van der Waals surface area contributed by atoms with Crippen LogP contribution in [0.3, 0.4) is 0 Å². The lowest BCUT2D eigenvalue weighted by atomic mass is 10.0. The summed E-state index contributed by atoms with van der Waals surface area (Å²) in [6, 6.07) is 9.76. The number of methoxy groups -OCH3 is 2. The van der Waals surface area contributed by atoms with Crippen molar-refractivity contribution in [1.82, 2.24) is 15.3 Å². The van der Waals surface area contributed by atoms with Gasteiger partial charge in [-0.3, -0.25) is 10.1 Å². The van der Waals surface area contributed by atoms with Crippen molar-refractivity contribution in [2.45, 2.75) is 0 Å². The Morgan fingerprint density at radius 1 is 1.23 bits per heavy atom. The Hall–Kier alpha value is -4.13. The summed E-state index contributed by atoms with van der Waals surface area (Å²) < 4.78 is 10.0. The van der Waals surface area contributed by atoms with Crippen LogP contribution in [0.15, 0.2) is 72.7 Å². The summed E-state index contributed by atoms with van der Waals surface area (Å²) in [6.45, 7) is 3.61. The summed E-state index contributed by atoms with van der Waals surface area (Å²) in [5.74, 6) is 0.771. The predicted molar refractivity (Wildman–Crippen MR) is 116 cm³/mol. The fourth-order valence-corrected chi connectivity index (χ4v) is 2.91. The molecule has 1 amide bonds. The van der Waals surface area contributed by atoms with Crippen LogP contribution >= 0.6 is 0 Å². The number of amides is 1. The second-order valence-corrected chi connectivity index (χ2v) is 6.27. The van der Waals surface area contributed by atoms with E-state index in [2.05, 4.69) is 26.6 Å². The number of allylic oxidation sites excluding steroid dienone is 3. The number of aldehydes is 1. The lowest BCUT2D eigenvalue weighted by Gasteiger charge is -2.07. The first-order chi connectivity index (χ1) is 14.6. The van der Waals surface area contributed by atoms with Crippen molar-refractivity contribution in [1.29, 1.82) is 0 Å². The molecule has 0 aliphatic carbocycles. The van der Waals surface area contributed by atoms with Crippen LogP contribution in [0, 0.1) is 0 Å². The largest absolute Gasteiger partial charge is 0.496 e. The number of carbonyl (C=O) groups is 2. The Labute approximate surface area is 173 Å². The molecule has 0 spiro atoms. The van der Waals surface area contributed by atoms with Crippen LogP contribution in [0.2, 0.25) is 0 Å². The first-order valence-electron chi connectivity index (χ1n) is 9.05. The maximum Gasteiger partial charge on any atom is 0.411 e. The van der Waals surface area contributed by atoms with Crippen molar-refractivity contribution >= 4 is 29.5 Å². The molecule has 7 heteroatoms. The Bertz CT molecular complexity index is 1160.